The van der Waals surface area contributed by atoms with Crippen LogP contribution in [0.4, 0.5) is 5.13 Å². The van der Waals surface area contributed by atoms with Crippen LogP contribution >= 0.6 is 11.3 Å². The van der Waals surface area contributed by atoms with Crippen LogP contribution in [-0.2, 0) is 23.0 Å². The Labute approximate surface area is 188 Å². The van der Waals surface area contributed by atoms with Gasteiger partial charge in [0.1, 0.15) is 0 Å². The molecule has 1 atom stereocenters. The monoisotopic (exact) mass is 462 g/mol. The minimum absolute atomic E-state index is 0.00396. The van der Waals surface area contributed by atoms with E-state index in [1.807, 2.05) is 6.92 Å². The fraction of sp³-hybridized carbons (Fsp3) is 0.545. The largest absolute Gasteiger partial charge is 0.298 e. The fourth-order valence-corrected chi connectivity index (χ4v) is 6.95. The Hall–Kier alpha value is -1.81. The Morgan fingerprint density at radius 1 is 1.19 bits per heavy atom. The van der Waals surface area contributed by atoms with Crippen LogP contribution in [0.15, 0.2) is 29.2 Å². The van der Waals surface area contributed by atoms with Crippen LogP contribution in [0.1, 0.15) is 61.0 Å². The van der Waals surface area contributed by atoms with Crippen LogP contribution < -0.4 is 5.32 Å². The molecule has 1 fully saturated rings. The summed E-state index contributed by atoms with van der Waals surface area (Å²) in [6.45, 7) is 8.71. The van der Waals surface area contributed by atoms with Crippen molar-refractivity contribution >= 4 is 32.4 Å². The van der Waals surface area contributed by atoms with Crippen molar-refractivity contribution in [3.05, 3.63) is 40.4 Å². The van der Waals surface area contributed by atoms with Crippen LogP contribution in [0, 0.1) is 0 Å². The van der Waals surface area contributed by atoms with Gasteiger partial charge in [-0.3, -0.25) is 15.0 Å². The lowest BCUT2D eigenvalue weighted by atomic mass is 10.1. The lowest BCUT2D eigenvalue weighted by Crippen LogP contribution is -2.41. The summed E-state index contributed by atoms with van der Waals surface area (Å²) in [4.78, 5) is 21.1. The number of nitrogens with zero attached hydrogens (tertiary/aromatic N) is 3. The first-order valence-corrected chi connectivity index (χ1v) is 13.2. The number of anilines is 1. The maximum Gasteiger partial charge on any atom is 0.257 e. The molecule has 1 saturated heterocycles. The minimum Gasteiger partial charge on any atom is -0.298 e. The van der Waals surface area contributed by atoms with Gasteiger partial charge >= 0.3 is 0 Å². The molecule has 0 bridgehead atoms. The summed E-state index contributed by atoms with van der Waals surface area (Å²) in [5.41, 5.74) is 1.48. The number of amides is 1. The van der Waals surface area contributed by atoms with Crippen molar-refractivity contribution in [3.8, 4) is 0 Å². The van der Waals surface area contributed by atoms with Crippen molar-refractivity contribution in [3.63, 3.8) is 0 Å². The van der Waals surface area contributed by atoms with E-state index in [1.165, 1.54) is 28.3 Å². The Morgan fingerprint density at radius 2 is 1.94 bits per heavy atom. The van der Waals surface area contributed by atoms with Gasteiger partial charge in [-0.05, 0) is 57.9 Å². The van der Waals surface area contributed by atoms with E-state index in [0.29, 0.717) is 23.3 Å². The summed E-state index contributed by atoms with van der Waals surface area (Å²) >= 11 is 1.52. The van der Waals surface area contributed by atoms with E-state index in [9.17, 15) is 13.2 Å². The molecule has 4 rings (SSSR count). The zero-order chi connectivity index (χ0) is 22.2. The van der Waals surface area contributed by atoms with Gasteiger partial charge in [-0.15, -0.1) is 11.3 Å². The summed E-state index contributed by atoms with van der Waals surface area (Å²) in [6, 6.07) is 6.69. The number of rotatable bonds is 5. The number of hydrogen-bond acceptors (Lipinski definition) is 6. The van der Waals surface area contributed by atoms with E-state index in [4.69, 9.17) is 0 Å². The second-order valence-electron chi connectivity index (χ2n) is 8.64. The van der Waals surface area contributed by atoms with Crippen LogP contribution in [0.5, 0.6) is 0 Å². The zero-order valence-corrected chi connectivity index (χ0v) is 19.9. The highest BCUT2D eigenvalue weighted by molar-refractivity contribution is 7.89. The summed E-state index contributed by atoms with van der Waals surface area (Å²) in [5.74, 6) is -0.276. The highest BCUT2D eigenvalue weighted by Crippen LogP contribution is 2.30. The molecule has 0 radical (unpaired) electrons. The molecule has 2 aliphatic rings. The average Bonchev–Trinajstić information content (AvgIpc) is 3.15. The molecule has 1 aromatic heterocycles. The van der Waals surface area contributed by atoms with Crippen molar-refractivity contribution in [2.75, 3.05) is 18.4 Å². The molecule has 31 heavy (non-hydrogen) atoms. The molecule has 9 heteroatoms. The smallest absolute Gasteiger partial charge is 0.257 e. The number of piperidine rings is 1. The first kappa shape index (κ1) is 22.4. The lowest BCUT2D eigenvalue weighted by Gasteiger charge is -2.32. The molecule has 0 aliphatic carbocycles. The van der Waals surface area contributed by atoms with Gasteiger partial charge in [0.2, 0.25) is 10.0 Å². The van der Waals surface area contributed by atoms with E-state index < -0.39 is 10.0 Å². The number of thiazole rings is 1. The molecule has 1 aromatic carbocycles. The van der Waals surface area contributed by atoms with Crippen molar-refractivity contribution in [1.29, 1.82) is 0 Å². The second kappa shape index (κ2) is 8.97. The molecule has 1 amide bonds. The number of aromatic nitrogens is 1. The number of nitrogens with one attached hydrogen (secondary N) is 1. The predicted molar refractivity (Wildman–Crippen MR) is 123 cm³/mol. The van der Waals surface area contributed by atoms with E-state index in [-0.39, 0.29) is 16.8 Å². The summed E-state index contributed by atoms with van der Waals surface area (Å²) in [5, 5.41) is 3.47. The van der Waals surface area contributed by atoms with Gasteiger partial charge in [-0.1, -0.05) is 6.42 Å². The maximum atomic E-state index is 13.0. The Kier molecular flexibility index (Phi) is 6.48. The third-order valence-corrected chi connectivity index (χ3v) is 9.20. The zero-order valence-electron chi connectivity index (χ0n) is 18.3. The molecule has 1 unspecified atom stereocenters. The molecule has 7 nitrogen and oxygen atoms in total. The first-order chi connectivity index (χ1) is 14.8. The standard InChI is InChI=1S/C22H30N4O3S2/c1-15(2)25-13-11-19-20(14-25)30-22(23-19)24-21(27)17-7-9-18(10-8-17)31(28,29)26-12-5-4-6-16(26)3/h7-10,15-16H,4-6,11-14H2,1-3H3,(H,23,24,27). The van der Waals surface area contributed by atoms with Crippen LogP contribution in [0.2, 0.25) is 0 Å². The predicted octanol–water partition coefficient (Wildman–Crippen LogP) is 3.73. The Bertz CT molecular complexity index is 1050. The molecule has 1 N–H and O–H groups in total. The van der Waals surface area contributed by atoms with Gasteiger partial charge in [-0.25, -0.2) is 13.4 Å². The molecule has 3 heterocycles. The van der Waals surface area contributed by atoms with Crippen molar-refractivity contribution < 1.29 is 13.2 Å². The topological polar surface area (TPSA) is 82.6 Å². The average molecular weight is 463 g/mol. The van der Waals surface area contributed by atoms with Gasteiger partial charge in [0.15, 0.2) is 5.13 Å². The Balaban J connectivity index is 1.45. The molecule has 2 aliphatic heterocycles. The molecule has 0 saturated carbocycles. The van der Waals surface area contributed by atoms with E-state index in [2.05, 4.69) is 29.0 Å². The van der Waals surface area contributed by atoms with Crippen molar-refractivity contribution in [1.82, 2.24) is 14.2 Å². The quantitative estimate of drug-likeness (QED) is 0.732. The van der Waals surface area contributed by atoms with Crippen LogP contribution in [-0.4, -0.2) is 53.7 Å². The van der Waals surface area contributed by atoms with Gasteiger partial charge in [-0.2, -0.15) is 4.31 Å². The minimum atomic E-state index is -3.54. The number of hydrogen-bond donors (Lipinski definition) is 1. The van der Waals surface area contributed by atoms with E-state index in [1.54, 1.807) is 16.4 Å². The van der Waals surface area contributed by atoms with Crippen LogP contribution in [0.25, 0.3) is 0 Å². The third kappa shape index (κ3) is 4.69. The number of fused-ring (bicyclic) bond motifs is 1. The normalized spacial score (nSPS) is 20.6. The number of sulfonamides is 1. The summed E-state index contributed by atoms with van der Waals surface area (Å²) in [7, 11) is -3.54. The van der Waals surface area contributed by atoms with Gasteiger partial charge in [0, 0.05) is 48.6 Å². The maximum absolute atomic E-state index is 13.0. The summed E-state index contributed by atoms with van der Waals surface area (Å²) in [6.07, 6.45) is 3.71. The molecule has 2 aromatic rings. The highest BCUT2D eigenvalue weighted by Gasteiger charge is 2.31. The van der Waals surface area contributed by atoms with Crippen molar-refractivity contribution in [2.45, 2.75) is 70.0 Å². The van der Waals surface area contributed by atoms with Crippen LogP contribution in [0.3, 0.4) is 0 Å². The SMILES string of the molecule is CC(C)N1CCc2nc(NC(=O)c3ccc(S(=O)(=O)N4CCCCC4C)cc3)sc2C1. The first-order valence-electron chi connectivity index (χ1n) is 10.9. The van der Waals surface area contributed by atoms with Gasteiger partial charge in [0.25, 0.3) is 5.91 Å². The molecule has 168 valence electrons. The number of carbonyl (C=O) groups excluding carboxylic acids is 1. The Morgan fingerprint density at radius 3 is 2.61 bits per heavy atom. The number of carbonyl (C=O) groups is 1. The lowest BCUT2D eigenvalue weighted by molar-refractivity contribution is 0.102. The molecular formula is C22H30N4O3S2. The van der Waals surface area contributed by atoms with E-state index >= 15 is 0 Å². The fourth-order valence-electron chi connectivity index (χ4n) is 4.22. The van der Waals surface area contributed by atoms with E-state index in [0.717, 1.165) is 44.5 Å². The second-order valence-corrected chi connectivity index (χ2v) is 11.6. The van der Waals surface area contributed by atoms with Gasteiger partial charge in [0.05, 0.1) is 10.6 Å². The van der Waals surface area contributed by atoms with Crippen molar-refractivity contribution in [2.24, 2.45) is 0 Å². The molecular weight excluding hydrogens is 432 g/mol. The van der Waals surface area contributed by atoms with Gasteiger partial charge < -0.3 is 0 Å². The molecule has 0 spiro atoms. The summed E-state index contributed by atoms with van der Waals surface area (Å²) < 4.78 is 27.5. The number of benzene rings is 1. The third-order valence-electron chi connectivity index (χ3n) is 6.18. The highest BCUT2D eigenvalue weighted by atomic mass is 32.2.